The van der Waals surface area contributed by atoms with E-state index in [1.807, 2.05) is 54.7 Å². The van der Waals surface area contributed by atoms with E-state index in [9.17, 15) is 0 Å². The van der Waals surface area contributed by atoms with Gasteiger partial charge in [-0.25, -0.2) is 4.68 Å². The van der Waals surface area contributed by atoms with Crippen LogP contribution in [-0.2, 0) is 6.42 Å². The lowest BCUT2D eigenvalue weighted by Gasteiger charge is -2.08. The summed E-state index contributed by atoms with van der Waals surface area (Å²) in [4.78, 5) is 0. The first-order valence-corrected chi connectivity index (χ1v) is 7.82. The normalized spacial score (nSPS) is 10.6. The number of ether oxygens (including phenoxy) is 1. The zero-order valence-electron chi connectivity index (χ0n) is 13.5. The van der Waals surface area contributed by atoms with E-state index in [1.165, 1.54) is 0 Å². The third-order valence-electron chi connectivity index (χ3n) is 3.64. The van der Waals surface area contributed by atoms with Crippen molar-refractivity contribution in [2.75, 3.05) is 19.0 Å². The third kappa shape index (κ3) is 3.91. The van der Waals surface area contributed by atoms with Crippen LogP contribution < -0.4 is 10.1 Å². The van der Waals surface area contributed by atoms with Crippen molar-refractivity contribution < 1.29 is 9.84 Å². The van der Waals surface area contributed by atoms with Crippen molar-refractivity contribution in [3.05, 3.63) is 60.4 Å². The summed E-state index contributed by atoms with van der Waals surface area (Å²) in [5.41, 5.74) is 3.81. The van der Waals surface area contributed by atoms with Gasteiger partial charge < -0.3 is 15.2 Å². The number of hydrogen-bond acceptors (Lipinski definition) is 5. The van der Waals surface area contributed by atoms with Gasteiger partial charge in [0.05, 0.1) is 24.7 Å². The highest BCUT2D eigenvalue weighted by atomic mass is 16.5. The maximum atomic E-state index is 8.86. The molecular weight excluding hydrogens is 304 g/mol. The topological polar surface area (TPSA) is 72.2 Å². The Hall–Kier alpha value is -2.86. The average Bonchev–Trinajstić information content (AvgIpc) is 3.10. The Morgan fingerprint density at radius 1 is 1.04 bits per heavy atom. The number of aliphatic hydroxyl groups excluding tert-OH is 1. The predicted molar refractivity (Wildman–Crippen MR) is 93.0 cm³/mol. The van der Waals surface area contributed by atoms with Gasteiger partial charge in [0, 0.05) is 18.0 Å². The van der Waals surface area contributed by atoms with Crippen molar-refractivity contribution in [1.82, 2.24) is 15.0 Å². The number of aryl methyl sites for hydroxylation is 1. The molecule has 0 saturated carbocycles. The fourth-order valence-corrected chi connectivity index (χ4v) is 2.34. The maximum Gasteiger partial charge on any atom is 0.119 e. The highest BCUT2D eigenvalue weighted by molar-refractivity contribution is 5.61. The molecule has 0 unspecified atom stereocenters. The summed E-state index contributed by atoms with van der Waals surface area (Å²) in [5.74, 6) is 0.832. The number of aliphatic hydroxyl groups is 1. The van der Waals surface area contributed by atoms with E-state index in [0.29, 0.717) is 6.42 Å². The molecule has 0 saturated heterocycles. The summed E-state index contributed by atoms with van der Waals surface area (Å²) in [6.45, 7) is 0.165. The summed E-state index contributed by atoms with van der Waals surface area (Å²) in [5, 5.41) is 20.4. The molecule has 6 nitrogen and oxygen atoms in total. The summed E-state index contributed by atoms with van der Waals surface area (Å²) >= 11 is 0. The van der Waals surface area contributed by atoms with Crippen LogP contribution in [0, 0.1) is 0 Å². The van der Waals surface area contributed by atoms with Crippen LogP contribution in [0.15, 0.2) is 54.7 Å². The molecule has 1 heterocycles. The molecule has 0 bridgehead atoms. The number of rotatable bonds is 7. The SMILES string of the molecule is COc1ccc(Nc2ccc(-n3cc(CCCO)nn3)cc2)cc1. The molecule has 3 rings (SSSR count). The van der Waals surface area contributed by atoms with E-state index in [1.54, 1.807) is 11.8 Å². The Balaban J connectivity index is 1.67. The zero-order chi connectivity index (χ0) is 16.8. The first-order valence-electron chi connectivity index (χ1n) is 7.82. The maximum absolute atomic E-state index is 8.86. The smallest absolute Gasteiger partial charge is 0.119 e. The average molecular weight is 324 g/mol. The second-order valence-electron chi connectivity index (χ2n) is 5.38. The van der Waals surface area contributed by atoms with Crippen molar-refractivity contribution in [2.45, 2.75) is 12.8 Å². The van der Waals surface area contributed by atoms with Crippen LogP contribution in [0.4, 0.5) is 11.4 Å². The van der Waals surface area contributed by atoms with Gasteiger partial charge in [0.25, 0.3) is 0 Å². The molecule has 0 amide bonds. The van der Waals surface area contributed by atoms with E-state index >= 15 is 0 Å². The Bertz CT molecular complexity index is 766. The van der Waals surface area contributed by atoms with Crippen molar-refractivity contribution >= 4 is 11.4 Å². The molecule has 2 N–H and O–H groups in total. The molecular formula is C18H20N4O2. The Morgan fingerprint density at radius 2 is 1.71 bits per heavy atom. The van der Waals surface area contributed by atoms with Gasteiger partial charge in [0.1, 0.15) is 5.75 Å². The molecule has 124 valence electrons. The largest absolute Gasteiger partial charge is 0.497 e. The fourth-order valence-electron chi connectivity index (χ4n) is 2.34. The molecule has 0 spiro atoms. The van der Waals surface area contributed by atoms with Crippen LogP contribution in [0.5, 0.6) is 5.75 Å². The van der Waals surface area contributed by atoms with E-state index in [0.717, 1.165) is 34.9 Å². The molecule has 1 aromatic heterocycles. The second kappa shape index (κ2) is 7.61. The minimum absolute atomic E-state index is 0.165. The van der Waals surface area contributed by atoms with Gasteiger partial charge >= 0.3 is 0 Å². The molecule has 0 aliphatic heterocycles. The fraction of sp³-hybridized carbons (Fsp3) is 0.222. The molecule has 6 heteroatoms. The van der Waals surface area contributed by atoms with Gasteiger partial charge in [0.2, 0.25) is 0 Å². The van der Waals surface area contributed by atoms with Crippen LogP contribution in [0.1, 0.15) is 12.1 Å². The first-order chi connectivity index (χ1) is 11.8. The van der Waals surface area contributed by atoms with Crippen LogP contribution in [0.3, 0.4) is 0 Å². The van der Waals surface area contributed by atoms with Crippen LogP contribution in [-0.4, -0.2) is 33.8 Å². The summed E-state index contributed by atoms with van der Waals surface area (Å²) < 4.78 is 6.89. The number of nitrogens with one attached hydrogen (secondary N) is 1. The van der Waals surface area contributed by atoms with Gasteiger partial charge in [-0.05, 0) is 61.4 Å². The Kier molecular flexibility index (Phi) is 5.08. The minimum atomic E-state index is 0.165. The molecule has 24 heavy (non-hydrogen) atoms. The lowest BCUT2D eigenvalue weighted by Crippen LogP contribution is -1.96. The number of hydrogen-bond donors (Lipinski definition) is 2. The Morgan fingerprint density at radius 3 is 2.33 bits per heavy atom. The lowest BCUT2D eigenvalue weighted by molar-refractivity contribution is 0.288. The van der Waals surface area contributed by atoms with E-state index < -0.39 is 0 Å². The highest BCUT2D eigenvalue weighted by Crippen LogP contribution is 2.21. The minimum Gasteiger partial charge on any atom is -0.497 e. The van der Waals surface area contributed by atoms with Crippen molar-refractivity contribution in [1.29, 1.82) is 0 Å². The molecule has 0 fully saturated rings. The summed E-state index contributed by atoms with van der Waals surface area (Å²) in [7, 11) is 1.65. The molecule has 3 aromatic rings. The van der Waals surface area contributed by atoms with Gasteiger partial charge in [-0.2, -0.15) is 0 Å². The number of methoxy groups -OCH3 is 1. The number of benzene rings is 2. The van der Waals surface area contributed by atoms with E-state index in [4.69, 9.17) is 9.84 Å². The van der Waals surface area contributed by atoms with Gasteiger partial charge in [0.15, 0.2) is 0 Å². The van der Waals surface area contributed by atoms with Crippen LogP contribution in [0.2, 0.25) is 0 Å². The van der Waals surface area contributed by atoms with Gasteiger partial charge in [-0.1, -0.05) is 5.21 Å². The first kappa shape index (κ1) is 16.0. The zero-order valence-corrected chi connectivity index (χ0v) is 13.5. The predicted octanol–water partition coefficient (Wildman–Crippen LogP) is 2.94. The molecule has 0 atom stereocenters. The number of aromatic nitrogens is 3. The van der Waals surface area contributed by atoms with Crippen molar-refractivity contribution in [2.24, 2.45) is 0 Å². The molecule has 0 aliphatic rings. The van der Waals surface area contributed by atoms with E-state index in [2.05, 4.69) is 15.6 Å². The highest BCUT2D eigenvalue weighted by Gasteiger charge is 2.03. The standard InChI is InChI=1S/C18H20N4O2/c1-24-18-10-6-15(7-11-18)19-14-4-8-17(9-5-14)22-13-16(20-21-22)3-2-12-23/h4-11,13,19,23H,2-3,12H2,1H3. The molecule has 2 aromatic carbocycles. The summed E-state index contributed by atoms with van der Waals surface area (Å²) in [6, 6.07) is 15.7. The Labute approximate surface area is 140 Å². The summed E-state index contributed by atoms with van der Waals surface area (Å²) in [6.07, 6.45) is 3.32. The number of anilines is 2. The monoisotopic (exact) mass is 324 g/mol. The van der Waals surface area contributed by atoms with Gasteiger partial charge in [-0.15, -0.1) is 5.10 Å². The van der Waals surface area contributed by atoms with Crippen molar-refractivity contribution in [3.8, 4) is 11.4 Å². The molecule has 0 radical (unpaired) electrons. The third-order valence-corrected chi connectivity index (χ3v) is 3.64. The van der Waals surface area contributed by atoms with Crippen LogP contribution >= 0.6 is 0 Å². The van der Waals surface area contributed by atoms with E-state index in [-0.39, 0.29) is 6.61 Å². The quantitative estimate of drug-likeness (QED) is 0.699. The van der Waals surface area contributed by atoms with Crippen molar-refractivity contribution in [3.63, 3.8) is 0 Å². The second-order valence-corrected chi connectivity index (χ2v) is 5.38. The van der Waals surface area contributed by atoms with Gasteiger partial charge in [-0.3, -0.25) is 0 Å². The van der Waals surface area contributed by atoms with Crippen LogP contribution in [0.25, 0.3) is 5.69 Å². The molecule has 0 aliphatic carbocycles. The lowest BCUT2D eigenvalue weighted by atomic mass is 10.2. The number of nitrogens with zero attached hydrogens (tertiary/aromatic N) is 3.